The molecule has 0 fully saturated rings. The van der Waals surface area contributed by atoms with E-state index >= 15 is 0 Å². The number of alkyl halides is 2. The van der Waals surface area contributed by atoms with Crippen molar-refractivity contribution in [1.82, 2.24) is 9.78 Å². The lowest BCUT2D eigenvalue weighted by molar-refractivity contribution is -0.0514. The van der Waals surface area contributed by atoms with Crippen LogP contribution in [0.15, 0.2) is 24.4 Å². The van der Waals surface area contributed by atoms with Crippen LogP contribution in [-0.2, 0) is 6.54 Å². The summed E-state index contributed by atoms with van der Waals surface area (Å²) in [5.74, 6) is -0.284. The monoisotopic (exact) mass is 339 g/mol. The van der Waals surface area contributed by atoms with E-state index in [2.05, 4.69) is 15.2 Å². The SMILES string of the molecule is CCOc1cc(NC(=O)c2cnn(CC)c2C)ccc1OC(F)F. The Hall–Kier alpha value is -2.64. The first-order chi connectivity index (χ1) is 11.5. The van der Waals surface area contributed by atoms with Gasteiger partial charge in [-0.2, -0.15) is 13.9 Å². The molecule has 130 valence electrons. The molecule has 2 rings (SSSR count). The number of nitrogens with zero attached hydrogens (tertiary/aromatic N) is 2. The molecule has 0 bridgehead atoms. The lowest BCUT2D eigenvalue weighted by Crippen LogP contribution is -2.13. The number of hydrogen-bond donors (Lipinski definition) is 1. The van der Waals surface area contributed by atoms with Crippen LogP contribution in [-0.4, -0.2) is 28.9 Å². The van der Waals surface area contributed by atoms with Gasteiger partial charge < -0.3 is 14.8 Å². The smallest absolute Gasteiger partial charge is 0.387 e. The second-order valence-corrected chi connectivity index (χ2v) is 4.89. The number of benzene rings is 1. The number of amides is 1. The van der Waals surface area contributed by atoms with Crippen LogP contribution in [0, 0.1) is 6.92 Å². The predicted octanol–water partition coefficient (Wildman–Crippen LogP) is 3.46. The molecule has 0 saturated carbocycles. The van der Waals surface area contributed by atoms with E-state index in [0.717, 1.165) is 5.69 Å². The van der Waals surface area contributed by atoms with Crippen molar-refractivity contribution < 1.29 is 23.0 Å². The fraction of sp³-hybridized carbons (Fsp3) is 0.375. The Morgan fingerprint density at radius 2 is 2.08 bits per heavy atom. The van der Waals surface area contributed by atoms with Crippen LogP contribution in [0.4, 0.5) is 14.5 Å². The Bertz CT molecular complexity index is 717. The molecule has 1 heterocycles. The highest BCUT2D eigenvalue weighted by molar-refractivity contribution is 6.05. The van der Waals surface area contributed by atoms with Crippen molar-refractivity contribution in [3.63, 3.8) is 0 Å². The van der Waals surface area contributed by atoms with Crippen LogP contribution in [0.25, 0.3) is 0 Å². The highest BCUT2D eigenvalue weighted by atomic mass is 19.3. The summed E-state index contributed by atoms with van der Waals surface area (Å²) in [7, 11) is 0. The van der Waals surface area contributed by atoms with E-state index in [0.29, 0.717) is 17.8 Å². The third kappa shape index (κ3) is 4.01. The standard InChI is InChI=1S/C16H19F2N3O3/c1-4-21-10(3)12(9-19-21)15(22)20-11-6-7-13(24-16(17)18)14(8-11)23-5-2/h6-9,16H,4-5H2,1-3H3,(H,20,22). The molecule has 8 heteroatoms. The first-order valence-corrected chi connectivity index (χ1v) is 7.51. The van der Waals surface area contributed by atoms with Crippen LogP contribution in [0.3, 0.4) is 0 Å². The molecule has 0 saturated heterocycles. The van der Waals surface area contributed by atoms with E-state index in [9.17, 15) is 13.6 Å². The van der Waals surface area contributed by atoms with Gasteiger partial charge >= 0.3 is 6.61 Å². The maximum Gasteiger partial charge on any atom is 0.387 e. The molecular weight excluding hydrogens is 320 g/mol. The molecule has 1 N–H and O–H groups in total. The summed E-state index contributed by atoms with van der Waals surface area (Å²) < 4.78 is 36.2. The quantitative estimate of drug-likeness (QED) is 0.839. The molecule has 1 amide bonds. The summed E-state index contributed by atoms with van der Waals surface area (Å²) >= 11 is 0. The Kier molecular flexibility index (Phi) is 5.73. The molecule has 6 nitrogen and oxygen atoms in total. The fourth-order valence-electron chi connectivity index (χ4n) is 2.23. The number of hydrogen-bond acceptors (Lipinski definition) is 4. The summed E-state index contributed by atoms with van der Waals surface area (Å²) in [6.45, 7) is 3.44. The van der Waals surface area contributed by atoms with Gasteiger partial charge in [-0.1, -0.05) is 0 Å². The van der Waals surface area contributed by atoms with Crippen molar-refractivity contribution in [3.8, 4) is 11.5 Å². The minimum atomic E-state index is -2.95. The van der Waals surface area contributed by atoms with E-state index in [-0.39, 0.29) is 24.0 Å². The number of anilines is 1. The van der Waals surface area contributed by atoms with Crippen molar-refractivity contribution >= 4 is 11.6 Å². The summed E-state index contributed by atoms with van der Waals surface area (Å²) in [5.41, 5.74) is 1.61. The molecule has 2 aromatic rings. The van der Waals surface area contributed by atoms with E-state index in [1.54, 1.807) is 18.5 Å². The molecular formula is C16H19F2N3O3. The normalized spacial score (nSPS) is 10.8. The molecule has 0 aliphatic heterocycles. The van der Waals surface area contributed by atoms with Gasteiger partial charge in [-0.15, -0.1) is 0 Å². The number of rotatable bonds is 7. The molecule has 24 heavy (non-hydrogen) atoms. The van der Waals surface area contributed by atoms with Crippen LogP contribution < -0.4 is 14.8 Å². The summed E-state index contributed by atoms with van der Waals surface area (Å²) in [5, 5.41) is 6.82. The van der Waals surface area contributed by atoms with Crippen LogP contribution >= 0.6 is 0 Å². The second kappa shape index (κ2) is 7.76. The number of halogens is 2. The molecule has 1 aromatic heterocycles. The van der Waals surface area contributed by atoms with Gasteiger partial charge in [-0.05, 0) is 32.9 Å². The minimum Gasteiger partial charge on any atom is -0.490 e. The molecule has 0 atom stereocenters. The number of nitrogens with one attached hydrogen (secondary N) is 1. The first-order valence-electron chi connectivity index (χ1n) is 7.51. The Morgan fingerprint density at radius 3 is 2.67 bits per heavy atom. The van der Waals surface area contributed by atoms with E-state index in [4.69, 9.17) is 4.74 Å². The van der Waals surface area contributed by atoms with Gasteiger partial charge in [0.25, 0.3) is 5.91 Å². The van der Waals surface area contributed by atoms with Gasteiger partial charge in [-0.3, -0.25) is 9.48 Å². The maximum atomic E-state index is 12.4. The third-order valence-electron chi connectivity index (χ3n) is 3.36. The molecule has 1 aromatic carbocycles. The van der Waals surface area contributed by atoms with Gasteiger partial charge in [0.1, 0.15) is 0 Å². The Balaban J connectivity index is 2.20. The number of carbonyl (C=O) groups is 1. The molecule has 0 unspecified atom stereocenters. The molecule has 0 aliphatic rings. The fourth-order valence-corrected chi connectivity index (χ4v) is 2.23. The first kappa shape index (κ1) is 17.7. The van der Waals surface area contributed by atoms with E-state index in [1.165, 1.54) is 24.4 Å². The highest BCUT2D eigenvalue weighted by Crippen LogP contribution is 2.32. The highest BCUT2D eigenvalue weighted by Gasteiger charge is 2.16. The third-order valence-corrected chi connectivity index (χ3v) is 3.36. The van der Waals surface area contributed by atoms with Crippen LogP contribution in [0.1, 0.15) is 29.9 Å². The van der Waals surface area contributed by atoms with E-state index in [1.807, 2.05) is 6.92 Å². The van der Waals surface area contributed by atoms with E-state index < -0.39 is 6.61 Å². The topological polar surface area (TPSA) is 65.4 Å². The number of carbonyl (C=O) groups excluding carboxylic acids is 1. The summed E-state index contributed by atoms with van der Waals surface area (Å²) in [6, 6.07) is 4.24. The second-order valence-electron chi connectivity index (χ2n) is 4.89. The number of aromatic nitrogens is 2. The zero-order valence-corrected chi connectivity index (χ0v) is 13.7. The van der Waals surface area contributed by atoms with Crippen molar-refractivity contribution in [2.24, 2.45) is 0 Å². The van der Waals surface area contributed by atoms with Crippen molar-refractivity contribution in [1.29, 1.82) is 0 Å². The van der Waals surface area contributed by atoms with Gasteiger partial charge in [0.2, 0.25) is 0 Å². The van der Waals surface area contributed by atoms with Gasteiger partial charge in [0, 0.05) is 24.0 Å². The summed E-state index contributed by atoms with van der Waals surface area (Å²) in [6.07, 6.45) is 1.49. The molecule has 0 aliphatic carbocycles. The van der Waals surface area contributed by atoms with Crippen molar-refractivity contribution in [2.75, 3.05) is 11.9 Å². The zero-order valence-electron chi connectivity index (χ0n) is 13.7. The lowest BCUT2D eigenvalue weighted by Gasteiger charge is -2.13. The van der Waals surface area contributed by atoms with Gasteiger partial charge in [0.05, 0.1) is 18.4 Å². The van der Waals surface area contributed by atoms with Crippen molar-refractivity contribution in [3.05, 3.63) is 35.7 Å². The van der Waals surface area contributed by atoms with Gasteiger partial charge in [0.15, 0.2) is 11.5 Å². The van der Waals surface area contributed by atoms with Gasteiger partial charge in [-0.25, -0.2) is 0 Å². The number of ether oxygens (including phenoxy) is 2. The Morgan fingerprint density at radius 1 is 1.33 bits per heavy atom. The average molecular weight is 339 g/mol. The van der Waals surface area contributed by atoms with Crippen LogP contribution in [0.2, 0.25) is 0 Å². The largest absolute Gasteiger partial charge is 0.490 e. The predicted molar refractivity (Wildman–Crippen MR) is 84.8 cm³/mol. The summed E-state index contributed by atoms with van der Waals surface area (Å²) in [4.78, 5) is 12.3. The lowest BCUT2D eigenvalue weighted by atomic mass is 10.2. The number of aryl methyl sites for hydroxylation is 1. The Labute approximate surface area is 138 Å². The average Bonchev–Trinajstić information content (AvgIpc) is 2.90. The van der Waals surface area contributed by atoms with Crippen molar-refractivity contribution in [2.45, 2.75) is 33.9 Å². The molecule has 0 radical (unpaired) electrons. The maximum absolute atomic E-state index is 12.4. The minimum absolute atomic E-state index is 0.0835. The molecule has 0 spiro atoms. The van der Waals surface area contributed by atoms with Crippen LogP contribution in [0.5, 0.6) is 11.5 Å². The zero-order chi connectivity index (χ0) is 17.7.